The average molecular weight is 702 g/mol. The van der Waals surface area contributed by atoms with Gasteiger partial charge in [0.05, 0.1) is 17.3 Å². The van der Waals surface area contributed by atoms with E-state index in [1.54, 1.807) is 48.5 Å². The number of nitrogens with one attached hydrogen (secondary N) is 2. The lowest BCUT2D eigenvalue weighted by atomic mass is 9.99. The van der Waals surface area contributed by atoms with Gasteiger partial charge in [0.25, 0.3) is 5.91 Å². The topological polar surface area (TPSA) is 83.5 Å². The molecule has 6 rings (SSSR count). The highest BCUT2D eigenvalue weighted by Crippen LogP contribution is 2.39. The molecule has 5 aromatic carbocycles. The SMILES string of the molecule is O=C(Oc1ccc(Br)cc1C=NNC(=O)c1[nH]c2c(ccc3ccccc32)c1-c1ccccc1Cl)c1ccc(Br)cc1. The Kier molecular flexibility index (Phi) is 7.93. The van der Waals surface area contributed by atoms with E-state index in [9.17, 15) is 9.59 Å². The van der Waals surface area contributed by atoms with Gasteiger partial charge in [0.15, 0.2) is 0 Å². The lowest BCUT2D eigenvalue weighted by Gasteiger charge is -2.09. The van der Waals surface area contributed by atoms with E-state index in [0.717, 1.165) is 36.2 Å². The number of carbonyl (C=O) groups is 2. The number of hydrogen-bond acceptors (Lipinski definition) is 4. The first kappa shape index (κ1) is 27.9. The molecule has 0 aliphatic rings. The minimum absolute atomic E-state index is 0.290. The van der Waals surface area contributed by atoms with Crippen LogP contribution >= 0.6 is 43.5 Å². The highest BCUT2D eigenvalue weighted by atomic mass is 79.9. The standard InChI is InChI=1S/C33H20Br2ClN3O3/c34-22-12-9-20(10-13-22)33(41)42-28-16-14-23(35)17-21(28)18-37-39-32(40)31-29(25-7-3-4-8-27(25)36)26-15-11-19-5-1-2-6-24(19)30(26)38-31/h1-18,38H,(H,39,40). The van der Waals surface area contributed by atoms with Gasteiger partial charge in [-0.25, -0.2) is 10.2 Å². The minimum atomic E-state index is -0.516. The summed E-state index contributed by atoms with van der Waals surface area (Å²) in [7, 11) is 0. The maximum atomic E-state index is 13.6. The van der Waals surface area contributed by atoms with Crippen LogP contribution in [0.25, 0.3) is 32.8 Å². The number of halogens is 3. The van der Waals surface area contributed by atoms with Crippen molar-refractivity contribution in [1.82, 2.24) is 10.4 Å². The summed E-state index contributed by atoms with van der Waals surface area (Å²) in [6, 6.07) is 31.4. The third-order valence-electron chi connectivity index (χ3n) is 6.69. The van der Waals surface area contributed by atoms with Crippen LogP contribution in [0.3, 0.4) is 0 Å². The van der Waals surface area contributed by atoms with Crippen LogP contribution in [0.5, 0.6) is 5.75 Å². The van der Waals surface area contributed by atoms with Crippen LogP contribution in [0.15, 0.2) is 117 Å². The summed E-state index contributed by atoms with van der Waals surface area (Å²) in [4.78, 5) is 29.6. The molecule has 6 aromatic rings. The van der Waals surface area contributed by atoms with Gasteiger partial charge >= 0.3 is 5.97 Å². The van der Waals surface area contributed by atoms with E-state index in [-0.39, 0.29) is 5.75 Å². The average Bonchev–Trinajstić information content (AvgIpc) is 3.39. The molecule has 206 valence electrons. The van der Waals surface area contributed by atoms with E-state index in [1.807, 2.05) is 54.6 Å². The third kappa shape index (κ3) is 5.61. The van der Waals surface area contributed by atoms with Crippen LogP contribution in [0.2, 0.25) is 5.02 Å². The van der Waals surface area contributed by atoms with Crippen molar-refractivity contribution in [2.75, 3.05) is 0 Å². The molecule has 0 aliphatic heterocycles. The monoisotopic (exact) mass is 699 g/mol. The van der Waals surface area contributed by atoms with E-state index in [4.69, 9.17) is 16.3 Å². The van der Waals surface area contributed by atoms with Crippen molar-refractivity contribution in [3.8, 4) is 16.9 Å². The third-order valence-corrected chi connectivity index (χ3v) is 8.04. The fraction of sp³-hybridized carbons (Fsp3) is 0. The summed E-state index contributed by atoms with van der Waals surface area (Å²) >= 11 is 13.4. The zero-order valence-electron chi connectivity index (χ0n) is 21.7. The van der Waals surface area contributed by atoms with Gasteiger partial charge in [0, 0.05) is 41.4 Å². The highest BCUT2D eigenvalue weighted by Gasteiger charge is 2.22. The van der Waals surface area contributed by atoms with Gasteiger partial charge in [0.2, 0.25) is 0 Å². The van der Waals surface area contributed by atoms with Crippen molar-refractivity contribution in [2.45, 2.75) is 0 Å². The maximum Gasteiger partial charge on any atom is 0.343 e. The summed E-state index contributed by atoms with van der Waals surface area (Å²) in [5.74, 6) is -0.680. The van der Waals surface area contributed by atoms with Crippen molar-refractivity contribution >= 4 is 83.2 Å². The molecule has 1 heterocycles. The Morgan fingerprint density at radius 1 is 0.833 bits per heavy atom. The fourth-order valence-corrected chi connectivity index (χ4v) is 5.60. The second kappa shape index (κ2) is 11.9. The summed E-state index contributed by atoms with van der Waals surface area (Å²) < 4.78 is 7.25. The fourth-order valence-electron chi connectivity index (χ4n) is 4.72. The Hall–Kier alpha value is -4.24. The molecule has 6 nitrogen and oxygen atoms in total. The van der Waals surface area contributed by atoms with Gasteiger partial charge in [-0.2, -0.15) is 5.10 Å². The Morgan fingerprint density at radius 3 is 2.38 bits per heavy atom. The van der Waals surface area contributed by atoms with Gasteiger partial charge in [-0.15, -0.1) is 0 Å². The molecule has 2 N–H and O–H groups in total. The van der Waals surface area contributed by atoms with E-state index in [2.05, 4.69) is 47.4 Å². The Bertz CT molecular complexity index is 2020. The Morgan fingerprint density at radius 2 is 1.57 bits per heavy atom. The van der Waals surface area contributed by atoms with Crippen LogP contribution < -0.4 is 10.2 Å². The van der Waals surface area contributed by atoms with E-state index < -0.39 is 11.9 Å². The summed E-state index contributed by atoms with van der Waals surface area (Å²) in [5, 5.41) is 7.62. The molecule has 1 aromatic heterocycles. The number of hydrogen-bond donors (Lipinski definition) is 2. The van der Waals surface area contributed by atoms with Crippen LogP contribution in [-0.2, 0) is 0 Å². The Balaban J connectivity index is 1.33. The van der Waals surface area contributed by atoms with Crippen LogP contribution in [0, 0.1) is 0 Å². The molecule has 0 bridgehead atoms. The smallest absolute Gasteiger partial charge is 0.343 e. The van der Waals surface area contributed by atoms with Gasteiger partial charge < -0.3 is 9.72 Å². The van der Waals surface area contributed by atoms with Gasteiger partial charge in [0.1, 0.15) is 11.4 Å². The number of hydrazone groups is 1. The summed E-state index contributed by atoms with van der Waals surface area (Å²) in [5.41, 5.74) is 6.06. The van der Waals surface area contributed by atoms with Crippen LogP contribution in [0.1, 0.15) is 26.4 Å². The van der Waals surface area contributed by atoms with Crippen molar-refractivity contribution in [3.63, 3.8) is 0 Å². The largest absolute Gasteiger partial charge is 0.422 e. The van der Waals surface area contributed by atoms with E-state index in [0.29, 0.717) is 27.4 Å². The number of aromatic amines is 1. The number of amides is 1. The van der Waals surface area contributed by atoms with Gasteiger partial charge in [-0.3, -0.25) is 4.79 Å². The van der Waals surface area contributed by atoms with Crippen molar-refractivity contribution in [1.29, 1.82) is 0 Å². The molecule has 0 aliphatic carbocycles. The molecule has 0 spiro atoms. The van der Waals surface area contributed by atoms with Gasteiger partial charge in [-0.1, -0.05) is 98.1 Å². The van der Waals surface area contributed by atoms with Crippen molar-refractivity contribution in [2.24, 2.45) is 5.10 Å². The number of rotatable bonds is 6. The van der Waals surface area contributed by atoms with Crippen molar-refractivity contribution < 1.29 is 14.3 Å². The molecular formula is C33H20Br2ClN3O3. The van der Waals surface area contributed by atoms with Crippen LogP contribution in [-0.4, -0.2) is 23.1 Å². The first-order chi connectivity index (χ1) is 20.4. The van der Waals surface area contributed by atoms with E-state index in [1.165, 1.54) is 6.21 Å². The molecule has 9 heteroatoms. The number of fused-ring (bicyclic) bond motifs is 3. The first-order valence-electron chi connectivity index (χ1n) is 12.8. The van der Waals surface area contributed by atoms with Crippen LogP contribution in [0.4, 0.5) is 0 Å². The maximum absolute atomic E-state index is 13.6. The molecule has 0 fully saturated rings. The number of nitrogens with zero attached hydrogens (tertiary/aromatic N) is 1. The normalized spacial score (nSPS) is 11.3. The molecule has 1 amide bonds. The predicted molar refractivity (Wildman–Crippen MR) is 175 cm³/mol. The lowest BCUT2D eigenvalue weighted by Crippen LogP contribution is -2.19. The molecular weight excluding hydrogens is 682 g/mol. The number of carbonyl (C=O) groups excluding carboxylic acids is 2. The summed E-state index contributed by atoms with van der Waals surface area (Å²) in [6.07, 6.45) is 1.43. The number of ether oxygens (including phenoxy) is 1. The second-order valence-corrected chi connectivity index (χ2v) is 11.6. The Labute approximate surface area is 262 Å². The van der Waals surface area contributed by atoms with Gasteiger partial charge in [-0.05, 0) is 53.9 Å². The molecule has 0 atom stereocenters. The molecule has 0 unspecified atom stereocenters. The first-order valence-corrected chi connectivity index (χ1v) is 14.7. The molecule has 0 radical (unpaired) electrons. The number of aromatic nitrogens is 1. The van der Waals surface area contributed by atoms with E-state index >= 15 is 0 Å². The number of H-pyrrole nitrogens is 1. The number of esters is 1. The zero-order valence-corrected chi connectivity index (χ0v) is 25.6. The summed E-state index contributed by atoms with van der Waals surface area (Å²) in [6.45, 7) is 0. The molecule has 0 saturated heterocycles. The number of benzene rings is 5. The quantitative estimate of drug-likeness (QED) is 0.0787. The van der Waals surface area contributed by atoms with Crippen molar-refractivity contribution in [3.05, 3.63) is 134 Å². The predicted octanol–water partition coefficient (Wildman–Crippen LogP) is 9.15. The second-order valence-electron chi connectivity index (χ2n) is 9.34. The zero-order chi connectivity index (χ0) is 29.2. The molecule has 0 saturated carbocycles. The molecule has 42 heavy (non-hydrogen) atoms. The minimum Gasteiger partial charge on any atom is -0.422 e. The highest BCUT2D eigenvalue weighted by molar-refractivity contribution is 9.10. The lowest BCUT2D eigenvalue weighted by molar-refractivity contribution is 0.0734.